The number of nitrogens with zero attached hydrogens (tertiary/aromatic N) is 2. The number of hydrogen-bond donors (Lipinski definition) is 0. The molecule has 0 radical (unpaired) electrons. The second-order valence-electron chi connectivity index (χ2n) is 8.08. The first-order chi connectivity index (χ1) is 12.5. The highest BCUT2D eigenvalue weighted by molar-refractivity contribution is 5.84. The van der Waals surface area contributed by atoms with Gasteiger partial charge in [-0.25, -0.2) is 0 Å². The van der Waals surface area contributed by atoms with Crippen molar-refractivity contribution in [3.8, 4) is 0 Å². The summed E-state index contributed by atoms with van der Waals surface area (Å²) in [7, 11) is 0. The van der Waals surface area contributed by atoms with Crippen molar-refractivity contribution in [3.05, 3.63) is 29.1 Å². The first-order valence-electron chi connectivity index (χ1n) is 10.3. The maximum Gasteiger partial charge on any atom is 0.146 e. The molecular formula is C22H32N2O2. The van der Waals surface area contributed by atoms with Crippen molar-refractivity contribution in [3.63, 3.8) is 0 Å². The van der Waals surface area contributed by atoms with Gasteiger partial charge in [-0.2, -0.15) is 0 Å². The fraction of sp³-hybridized carbons (Fsp3) is 0.682. The van der Waals surface area contributed by atoms with Crippen LogP contribution in [0.1, 0.15) is 69.3 Å². The van der Waals surface area contributed by atoms with Crippen LogP contribution in [0.5, 0.6) is 0 Å². The van der Waals surface area contributed by atoms with E-state index in [0.717, 1.165) is 45.2 Å². The zero-order valence-corrected chi connectivity index (χ0v) is 16.3. The lowest BCUT2D eigenvalue weighted by atomic mass is 9.90. The average molecular weight is 357 g/mol. The fourth-order valence-corrected chi connectivity index (χ4v) is 4.04. The van der Waals surface area contributed by atoms with Crippen LogP contribution in [-0.2, 0) is 28.9 Å². The number of hydrogen-bond acceptors (Lipinski definition) is 4. The summed E-state index contributed by atoms with van der Waals surface area (Å²) < 4.78 is 0. The molecule has 142 valence electrons. The lowest BCUT2D eigenvalue weighted by molar-refractivity contribution is -0.133. The van der Waals surface area contributed by atoms with Gasteiger partial charge in [-0.05, 0) is 70.4 Å². The molecule has 1 aliphatic heterocycles. The molecule has 1 saturated heterocycles. The highest BCUT2D eigenvalue weighted by Crippen LogP contribution is 2.23. The highest BCUT2D eigenvalue weighted by Gasteiger charge is 2.35. The largest absolute Gasteiger partial charge is 0.299 e. The number of ketones is 2. The van der Waals surface area contributed by atoms with Crippen molar-refractivity contribution in [2.24, 2.45) is 5.92 Å². The summed E-state index contributed by atoms with van der Waals surface area (Å²) in [5, 5.41) is 0. The van der Waals surface area contributed by atoms with Crippen molar-refractivity contribution < 1.29 is 9.59 Å². The molecule has 0 saturated carbocycles. The average Bonchev–Trinajstić information content (AvgIpc) is 2.59. The Labute approximate surface area is 157 Å². The Balaban J connectivity index is 1.30. The van der Waals surface area contributed by atoms with Crippen molar-refractivity contribution in [1.29, 1.82) is 0 Å². The zero-order chi connectivity index (χ0) is 18.5. The van der Waals surface area contributed by atoms with Crippen LogP contribution in [0.4, 0.5) is 0 Å². The van der Waals surface area contributed by atoms with Crippen LogP contribution in [0.3, 0.4) is 0 Å². The summed E-state index contributed by atoms with van der Waals surface area (Å²) in [5.74, 6) is 0.717. The van der Waals surface area contributed by atoms with Crippen LogP contribution >= 0.6 is 0 Å². The predicted octanol–water partition coefficient (Wildman–Crippen LogP) is 3.54. The van der Waals surface area contributed by atoms with Crippen molar-refractivity contribution in [2.75, 3.05) is 13.1 Å². The Hall–Kier alpha value is -1.55. The van der Waals surface area contributed by atoms with Crippen molar-refractivity contribution in [2.45, 2.75) is 77.7 Å². The van der Waals surface area contributed by atoms with E-state index in [4.69, 9.17) is 4.98 Å². The smallest absolute Gasteiger partial charge is 0.146 e. The molecule has 4 nitrogen and oxygen atoms in total. The van der Waals surface area contributed by atoms with Gasteiger partial charge in [0, 0.05) is 36.8 Å². The summed E-state index contributed by atoms with van der Waals surface area (Å²) >= 11 is 0. The van der Waals surface area contributed by atoms with Gasteiger partial charge >= 0.3 is 0 Å². The number of carbonyl (C=O) groups is 2. The van der Waals surface area contributed by atoms with Gasteiger partial charge in [-0.1, -0.05) is 12.5 Å². The van der Waals surface area contributed by atoms with Crippen LogP contribution in [0.15, 0.2) is 12.1 Å². The Morgan fingerprint density at radius 3 is 2.69 bits per heavy atom. The molecule has 4 heteroatoms. The summed E-state index contributed by atoms with van der Waals surface area (Å²) in [6.07, 6.45) is 9.78. The highest BCUT2D eigenvalue weighted by atomic mass is 16.1. The molecule has 2 aliphatic rings. The second kappa shape index (κ2) is 8.90. The molecule has 3 rings (SSSR count). The minimum absolute atomic E-state index is 0.0387. The van der Waals surface area contributed by atoms with E-state index in [1.807, 2.05) is 6.92 Å². The Kier molecular flexibility index (Phi) is 6.58. The molecule has 1 aromatic heterocycles. The van der Waals surface area contributed by atoms with Gasteiger partial charge in [0.05, 0.1) is 6.04 Å². The molecule has 1 fully saturated rings. The van der Waals surface area contributed by atoms with E-state index in [1.165, 1.54) is 36.2 Å². The quantitative estimate of drug-likeness (QED) is 0.635. The lowest BCUT2D eigenvalue weighted by Gasteiger charge is -2.41. The number of aryl methyl sites for hydroxylation is 3. The molecule has 0 aromatic carbocycles. The van der Waals surface area contributed by atoms with E-state index in [2.05, 4.69) is 17.0 Å². The third-order valence-corrected chi connectivity index (χ3v) is 6.09. The first kappa shape index (κ1) is 19.2. The number of likely N-dealkylation sites (tertiary alicyclic amines) is 1. The molecule has 1 atom stereocenters. The van der Waals surface area contributed by atoms with E-state index >= 15 is 0 Å². The van der Waals surface area contributed by atoms with E-state index in [-0.39, 0.29) is 17.7 Å². The van der Waals surface area contributed by atoms with Crippen LogP contribution < -0.4 is 0 Å². The standard InChI is InChI=1S/C22H32N2O2/c1-16(17(2)25)24-14-19(15-24)22(26)11-5-3-4-9-20-13-12-18-8-6-7-10-21(18)23-20/h12-13,16,19H,3-11,14-15H2,1-2H3. The molecule has 26 heavy (non-hydrogen) atoms. The van der Waals surface area contributed by atoms with Gasteiger partial charge in [0.25, 0.3) is 0 Å². The number of unbranched alkanes of at least 4 members (excludes halogenated alkanes) is 2. The Bertz CT molecular complexity index is 650. The molecule has 0 N–H and O–H groups in total. The summed E-state index contributed by atoms with van der Waals surface area (Å²) in [6, 6.07) is 4.42. The minimum atomic E-state index is -0.0387. The first-order valence-corrected chi connectivity index (χ1v) is 10.3. The summed E-state index contributed by atoms with van der Waals surface area (Å²) in [4.78, 5) is 30.5. The van der Waals surface area contributed by atoms with Gasteiger partial charge < -0.3 is 0 Å². The zero-order valence-electron chi connectivity index (χ0n) is 16.3. The molecule has 0 amide bonds. The number of pyridine rings is 1. The number of aromatic nitrogens is 1. The van der Waals surface area contributed by atoms with E-state index < -0.39 is 0 Å². The molecule has 0 spiro atoms. The van der Waals surface area contributed by atoms with Gasteiger partial charge in [-0.15, -0.1) is 0 Å². The normalized spacial score (nSPS) is 18.8. The molecule has 0 bridgehead atoms. The molecule has 2 heterocycles. The van der Waals surface area contributed by atoms with E-state index in [1.54, 1.807) is 6.92 Å². The topological polar surface area (TPSA) is 50.3 Å². The van der Waals surface area contributed by atoms with Gasteiger partial charge in [0.15, 0.2) is 0 Å². The predicted molar refractivity (Wildman–Crippen MR) is 103 cm³/mol. The van der Waals surface area contributed by atoms with Gasteiger partial charge in [0.1, 0.15) is 11.6 Å². The SMILES string of the molecule is CC(=O)C(C)N1CC(C(=O)CCCCCc2ccc3c(n2)CCCC3)C1. The van der Waals surface area contributed by atoms with Crippen LogP contribution in [-0.4, -0.2) is 40.6 Å². The molecule has 1 aliphatic carbocycles. The minimum Gasteiger partial charge on any atom is -0.299 e. The van der Waals surface area contributed by atoms with Gasteiger partial charge in [0.2, 0.25) is 0 Å². The van der Waals surface area contributed by atoms with Crippen molar-refractivity contribution >= 4 is 11.6 Å². The molecule has 1 aromatic rings. The van der Waals surface area contributed by atoms with Gasteiger partial charge in [-0.3, -0.25) is 19.5 Å². The van der Waals surface area contributed by atoms with Crippen LogP contribution in [0.25, 0.3) is 0 Å². The van der Waals surface area contributed by atoms with E-state index in [0.29, 0.717) is 12.2 Å². The summed E-state index contributed by atoms with van der Waals surface area (Å²) in [6.45, 7) is 5.08. The van der Waals surface area contributed by atoms with Crippen molar-refractivity contribution in [1.82, 2.24) is 9.88 Å². The fourth-order valence-electron chi connectivity index (χ4n) is 4.04. The monoisotopic (exact) mass is 356 g/mol. The van der Waals surface area contributed by atoms with E-state index in [9.17, 15) is 9.59 Å². The number of rotatable bonds is 9. The number of Topliss-reactive ketones (excluding diaryl/α,β-unsaturated/α-hetero) is 2. The third kappa shape index (κ3) is 4.79. The maximum absolute atomic E-state index is 12.2. The third-order valence-electron chi connectivity index (χ3n) is 6.09. The second-order valence-corrected chi connectivity index (χ2v) is 8.08. The number of carbonyl (C=O) groups excluding carboxylic acids is 2. The maximum atomic E-state index is 12.2. The molecular weight excluding hydrogens is 324 g/mol. The Morgan fingerprint density at radius 2 is 1.92 bits per heavy atom. The summed E-state index contributed by atoms with van der Waals surface area (Å²) in [5.41, 5.74) is 3.97. The number of fused-ring (bicyclic) bond motifs is 1. The molecule has 1 unspecified atom stereocenters. The van der Waals surface area contributed by atoms with Crippen LogP contribution in [0, 0.1) is 5.92 Å². The Morgan fingerprint density at radius 1 is 1.15 bits per heavy atom. The van der Waals surface area contributed by atoms with Crippen LogP contribution in [0.2, 0.25) is 0 Å². The lowest BCUT2D eigenvalue weighted by Crippen LogP contribution is -2.55.